The van der Waals surface area contributed by atoms with Crippen molar-refractivity contribution in [2.24, 2.45) is 0 Å². The van der Waals surface area contributed by atoms with E-state index in [4.69, 9.17) is 0 Å². The lowest BCUT2D eigenvalue weighted by atomic mass is 10.3. The second-order valence-electron chi connectivity index (χ2n) is 3.79. The standard InChI is InChI=1S/C12H20S4/c1-13-9-7-10(14-2)12(16(5)6)8-11(9)15(3)4/h7-8H,1-6H3/q+2. The van der Waals surface area contributed by atoms with E-state index in [1.807, 2.05) is 23.5 Å². The van der Waals surface area contributed by atoms with Crippen molar-refractivity contribution in [1.29, 1.82) is 0 Å². The van der Waals surface area contributed by atoms with Crippen LogP contribution in [-0.4, -0.2) is 37.5 Å². The number of hydrogen-bond acceptors (Lipinski definition) is 2. The van der Waals surface area contributed by atoms with E-state index in [0.717, 1.165) is 0 Å². The number of hydrogen-bond donors (Lipinski definition) is 0. The Bertz CT molecular complexity index is 327. The normalized spacial score (nSPS) is 11.5. The molecule has 0 aliphatic carbocycles. The molecule has 0 radical (unpaired) electrons. The Kier molecular flexibility index (Phi) is 5.99. The van der Waals surface area contributed by atoms with E-state index in [1.165, 1.54) is 19.6 Å². The quantitative estimate of drug-likeness (QED) is 0.614. The molecule has 0 fully saturated rings. The van der Waals surface area contributed by atoms with Gasteiger partial charge in [0.05, 0.1) is 15.9 Å². The van der Waals surface area contributed by atoms with Gasteiger partial charge in [-0.2, -0.15) is 0 Å². The van der Waals surface area contributed by atoms with Crippen LogP contribution in [-0.2, 0) is 21.8 Å². The van der Waals surface area contributed by atoms with Crippen molar-refractivity contribution in [2.75, 3.05) is 37.5 Å². The molecular weight excluding hydrogens is 272 g/mol. The van der Waals surface area contributed by atoms with Crippen LogP contribution < -0.4 is 0 Å². The molecule has 0 saturated heterocycles. The van der Waals surface area contributed by atoms with Gasteiger partial charge in [-0.1, -0.05) is 0 Å². The van der Waals surface area contributed by atoms with Gasteiger partial charge in [-0.3, -0.25) is 0 Å². The zero-order chi connectivity index (χ0) is 12.3. The highest BCUT2D eigenvalue weighted by Gasteiger charge is 2.23. The largest absolute Gasteiger partial charge is 0.172 e. The summed E-state index contributed by atoms with van der Waals surface area (Å²) in [4.78, 5) is 5.96. The van der Waals surface area contributed by atoms with Crippen LogP contribution >= 0.6 is 23.5 Å². The van der Waals surface area contributed by atoms with Gasteiger partial charge in [-0.15, -0.1) is 23.5 Å². The molecule has 0 bridgehead atoms. The number of thioether (sulfide) groups is 2. The lowest BCUT2D eigenvalue weighted by Crippen LogP contribution is -2.04. The summed E-state index contributed by atoms with van der Waals surface area (Å²) in [6.45, 7) is 0. The Hall–Kier alpha value is 0.620. The predicted octanol–water partition coefficient (Wildman–Crippen LogP) is 3.60. The molecule has 1 aromatic carbocycles. The smallest absolute Gasteiger partial charge is 0.124 e. The highest BCUT2D eigenvalue weighted by Crippen LogP contribution is 2.34. The summed E-state index contributed by atoms with van der Waals surface area (Å²) in [7, 11) is 0.694. The average Bonchev–Trinajstić information content (AvgIpc) is 2.26. The highest BCUT2D eigenvalue weighted by atomic mass is 32.2. The first kappa shape index (κ1) is 14.7. The number of benzene rings is 1. The maximum atomic E-state index is 2.43. The Morgan fingerprint density at radius 3 is 1.38 bits per heavy atom. The van der Waals surface area contributed by atoms with Crippen LogP contribution in [0.15, 0.2) is 31.7 Å². The van der Waals surface area contributed by atoms with Crippen molar-refractivity contribution >= 4 is 45.3 Å². The first-order chi connectivity index (χ1) is 7.51. The number of rotatable bonds is 4. The summed E-state index contributed by atoms with van der Waals surface area (Å²) in [6.07, 6.45) is 13.6. The summed E-state index contributed by atoms with van der Waals surface area (Å²) in [5.74, 6) is 0. The maximum Gasteiger partial charge on any atom is 0.172 e. The fourth-order valence-electron chi connectivity index (χ4n) is 1.48. The van der Waals surface area contributed by atoms with Crippen molar-refractivity contribution < 1.29 is 0 Å². The maximum absolute atomic E-state index is 2.43. The summed E-state index contributed by atoms with van der Waals surface area (Å²) < 4.78 is 0. The molecule has 0 aromatic heterocycles. The molecule has 0 nitrogen and oxygen atoms in total. The minimum atomic E-state index is 0.347. The van der Waals surface area contributed by atoms with Crippen LogP contribution in [0, 0.1) is 0 Å². The predicted molar refractivity (Wildman–Crippen MR) is 85.0 cm³/mol. The van der Waals surface area contributed by atoms with Crippen molar-refractivity contribution in [3.05, 3.63) is 12.1 Å². The van der Waals surface area contributed by atoms with Crippen molar-refractivity contribution in [3.8, 4) is 0 Å². The monoisotopic (exact) mass is 292 g/mol. The topological polar surface area (TPSA) is 0 Å². The van der Waals surface area contributed by atoms with E-state index in [1.54, 1.807) is 0 Å². The second kappa shape index (κ2) is 6.53. The Labute approximate surface area is 114 Å². The molecule has 0 aliphatic rings. The fourth-order valence-corrected chi connectivity index (χ4v) is 5.75. The minimum absolute atomic E-state index is 0.347. The lowest BCUT2D eigenvalue weighted by Gasteiger charge is -2.09. The van der Waals surface area contributed by atoms with Gasteiger partial charge in [-0.25, -0.2) is 0 Å². The van der Waals surface area contributed by atoms with Crippen LogP contribution in [0.4, 0.5) is 0 Å². The molecule has 0 N–H and O–H groups in total. The minimum Gasteiger partial charge on any atom is -0.124 e. The molecule has 1 rings (SSSR count). The van der Waals surface area contributed by atoms with Gasteiger partial charge in [0.15, 0.2) is 9.79 Å². The third-order valence-corrected chi connectivity index (χ3v) is 6.58. The van der Waals surface area contributed by atoms with Crippen LogP contribution in [0.2, 0.25) is 0 Å². The fraction of sp³-hybridized carbons (Fsp3) is 0.500. The zero-order valence-electron chi connectivity index (χ0n) is 10.8. The third-order valence-electron chi connectivity index (χ3n) is 2.33. The molecule has 4 heteroatoms. The zero-order valence-corrected chi connectivity index (χ0v) is 14.1. The Morgan fingerprint density at radius 1 is 0.750 bits per heavy atom. The van der Waals surface area contributed by atoms with Gasteiger partial charge in [0.1, 0.15) is 25.0 Å². The van der Waals surface area contributed by atoms with Gasteiger partial charge in [0, 0.05) is 21.8 Å². The molecule has 16 heavy (non-hydrogen) atoms. The van der Waals surface area contributed by atoms with Gasteiger partial charge in [0.2, 0.25) is 0 Å². The Morgan fingerprint density at radius 2 is 1.12 bits per heavy atom. The first-order valence-corrected chi connectivity index (χ1v) is 11.5. The van der Waals surface area contributed by atoms with E-state index in [0.29, 0.717) is 21.8 Å². The lowest BCUT2D eigenvalue weighted by molar-refractivity contribution is 1.09. The molecule has 90 valence electrons. The Balaban J connectivity index is 3.35. The molecule has 0 aliphatic heterocycles. The molecule has 1 aromatic rings. The van der Waals surface area contributed by atoms with E-state index in [9.17, 15) is 0 Å². The molecule has 0 unspecified atom stereocenters. The summed E-state index contributed by atoms with van der Waals surface area (Å²) in [6, 6.07) is 4.81. The molecular formula is C12H20S4+2. The van der Waals surface area contributed by atoms with Gasteiger partial charge in [-0.05, 0) is 18.6 Å². The van der Waals surface area contributed by atoms with Crippen LogP contribution in [0.5, 0.6) is 0 Å². The molecule has 0 spiro atoms. The van der Waals surface area contributed by atoms with Crippen LogP contribution in [0.1, 0.15) is 0 Å². The molecule has 0 saturated carbocycles. The van der Waals surface area contributed by atoms with E-state index < -0.39 is 0 Å². The van der Waals surface area contributed by atoms with E-state index in [2.05, 4.69) is 49.7 Å². The molecule has 0 heterocycles. The SMILES string of the molecule is CSc1cc(SC)c([S+](C)C)cc1[S+](C)C. The molecule has 0 amide bonds. The molecule has 0 atom stereocenters. The summed E-state index contributed by atoms with van der Waals surface area (Å²) >= 11 is 3.74. The van der Waals surface area contributed by atoms with Crippen LogP contribution in [0.3, 0.4) is 0 Å². The summed E-state index contributed by atoms with van der Waals surface area (Å²) in [5, 5.41) is 0. The van der Waals surface area contributed by atoms with E-state index in [-0.39, 0.29) is 0 Å². The van der Waals surface area contributed by atoms with E-state index >= 15 is 0 Å². The second-order valence-corrected chi connectivity index (χ2v) is 9.63. The third kappa shape index (κ3) is 3.31. The summed E-state index contributed by atoms with van der Waals surface area (Å²) in [5.41, 5.74) is 0. The van der Waals surface area contributed by atoms with Crippen molar-refractivity contribution in [2.45, 2.75) is 19.6 Å². The van der Waals surface area contributed by atoms with Crippen LogP contribution in [0.25, 0.3) is 0 Å². The highest BCUT2D eigenvalue weighted by molar-refractivity contribution is 8.01. The van der Waals surface area contributed by atoms with Crippen molar-refractivity contribution in [1.82, 2.24) is 0 Å². The average molecular weight is 293 g/mol. The first-order valence-electron chi connectivity index (χ1n) is 4.92. The van der Waals surface area contributed by atoms with Gasteiger partial charge in [0.25, 0.3) is 0 Å². The van der Waals surface area contributed by atoms with Gasteiger partial charge >= 0.3 is 0 Å². The van der Waals surface area contributed by atoms with Gasteiger partial charge < -0.3 is 0 Å². The van der Waals surface area contributed by atoms with Crippen molar-refractivity contribution in [3.63, 3.8) is 0 Å².